The molecule has 2 aromatic rings. The van der Waals surface area contributed by atoms with Crippen molar-refractivity contribution in [1.29, 1.82) is 0 Å². The summed E-state index contributed by atoms with van der Waals surface area (Å²) in [6.07, 6.45) is 4.22. The van der Waals surface area contributed by atoms with Gasteiger partial charge in [-0.2, -0.15) is 0 Å². The van der Waals surface area contributed by atoms with E-state index >= 15 is 0 Å². The number of cyclic esters (lactones) is 2. The summed E-state index contributed by atoms with van der Waals surface area (Å²) in [5.41, 5.74) is 9.44. The molecule has 20 heteroatoms. The van der Waals surface area contributed by atoms with Crippen molar-refractivity contribution in [3.8, 4) is 23.0 Å². The Morgan fingerprint density at radius 1 is 0.534 bits per heavy atom. The van der Waals surface area contributed by atoms with Gasteiger partial charge in [-0.25, -0.2) is 9.59 Å². The molecule has 0 aliphatic carbocycles. The number of fused-ring (bicyclic) bond motifs is 2. The second-order valence-corrected chi connectivity index (χ2v) is 11.6. The van der Waals surface area contributed by atoms with Crippen molar-refractivity contribution in [2.75, 3.05) is 94.4 Å². The molecule has 316 valence electrons. The molecule has 0 fully saturated rings. The van der Waals surface area contributed by atoms with E-state index in [1.165, 1.54) is 11.1 Å². The molecule has 20 nitrogen and oxygen atoms in total. The summed E-state index contributed by atoms with van der Waals surface area (Å²) in [5, 5.41) is 38.1. The van der Waals surface area contributed by atoms with Crippen LogP contribution in [0.25, 0.3) is 0 Å². The zero-order valence-electron chi connectivity index (χ0n) is 33.0. The highest BCUT2D eigenvalue weighted by atomic mass is 16.6. The Kier molecular flexibility index (Phi) is 20.6. The van der Waals surface area contributed by atoms with Crippen LogP contribution in [0, 0.1) is 0 Å². The summed E-state index contributed by atoms with van der Waals surface area (Å²) in [6, 6.07) is 11.9. The molecule has 3 heterocycles. The Morgan fingerprint density at radius 3 is 1.24 bits per heavy atom. The predicted molar refractivity (Wildman–Crippen MR) is 197 cm³/mol. The Hall–Kier alpha value is -6.22. The maximum absolute atomic E-state index is 11.9. The number of allylic oxidation sites excluding steroid dienone is 2. The van der Waals surface area contributed by atoms with Gasteiger partial charge in [0.25, 0.3) is 0 Å². The van der Waals surface area contributed by atoms with Gasteiger partial charge in [-0.15, -0.1) is 20.5 Å². The van der Waals surface area contributed by atoms with Gasteiger partial charge in [0.1, 0.15) is 24.6 Å². The zero-order chi connectivity index (χ0) is 42.1. The van der Waals surface area contributed by atoms with Crippen LogP contribution in [0.5, 0.6) is 23.0 Å². The molecule has 58 heavy (non-hydrogen) atoms. The van der Waals surface area contributed by atoms with E-state index in [4.69, 9.17) is 47.4 Å². The number of carbonyl (C=O) groups excluding carboxylic acids is 2. The molecule has 0 spiro atoms. The molecule has 6 N–H and O–H groups in total. The topological polar surface area (TPSA) is 277 Å². The van der Waals surface area contributed by atoms with Crippen LogP contribution in [0.3, 0.4) is 0 Å². The fourth-order valence-electron chi connectivity index (χ4n) is 4.74. The maximum atomic E-state index is 11.9. The number of quaternary nitrogens is 2. The summed E-state index contributed by atoms with van der Waals surface area (Å²) in [6.45, 7) is 1.50. The fraction of sp³-hybridized carbons (Fsp3) is 0.421. The third kappa shape index (κ3) is 15.4. The number of carbonyl (C=O) groups is 2. The number of rotatable bonds is 8. The van der Waals surface area contributed by atoms with E-state index in [1.54, 1.807) is 28.4 Å². The molecule has 4 bridgehead atoms. The minimum Gasteiger partial charge on any atom is -0.609 e. The van der Waals surface area contributed by atoms with Crippen molar-refractivity contribution >= 4 is 11.9 Å². The molecule has 3 aliphatic rings. The predicted octanol–water partition coefficient (Wildman–Crippen LogP) is -0.113. The lowest BCUT2D eigenvalue weighted by molar-refractivity contribution is -0.367. The van der Waals surface area contributed by atoms with Gasteiger partial charge in [0.2, 0.25) is 0 Å². The lowest BCUT2D eigenvalue weighted by Crippen LogP contribution is -2.51. The zero-order valence-corrected chi connectivity index (χ0v) is 33.0. The lowest BCUT2D eigenvalue weighted by Gasteiger charge is -2.18. The largest absolute Gasteiger partial charge is 0.609 e. The average Bonchev–Trinajstić information content (AvgIpc) is 3.95. The van der Waals surface area contributed by atoms with Crippen LogP contribution in [0.15, 0.2) is 104 Å². The molecule has 0 radical (unpaired) electrons. The normalized spacial score (nSPS) is 17.6. The van der Waals surface area contributed by atoms with E-state index in [9.17, 15) is 19.8 Å². The highest BCUT2D eigenvalue weighted by Gasteiger charge is 2.18. The fourth-order valence-corrected chi connectivity index (χ4v) is 4.74. The standard InChI is InChI=1S/C18H20N4O10.2C10H15NO2/c23-15-11-9-12(20-19-11)17(25)31-7-3-28-4-8-32-18(26)14-10-13(21-22-14)16(24)30-6-2-27-1-5-29-15;2*1-12-9-4-3-8(5-6-11)7-10(9)13-2/h9-10,23-24H,1-8H2;2*3-4,7H,5-6,11H2,1-2H3/b15-11-,16-13?;;. The van der Waals surface area contributed by atoms with Crippen molar-refractivity contribution in [2.45, 2.75) is 12.8 Å². The van der Waals surface area contributed by atoms with Gasteiger partial charge in [-0.1, -0.05) is 12.1 Å². The first-order valence-electron chi connectivity index (χ1n) is 18.0. The first kappa shape index (κ1) is 46.2. The first-order valence-corrected chi connectivity index (χ1v) is 18.0. The highest BCUT2D eigenvalue weighted by molar-refractivity contribution is 5.89. The van der Waals surface area contributed by atoms with Gasteiger partial charge in [0.05, 0.1) is 79.8 Å². The molecule has 0 aromatic heterocycles. The van der Waals surface area contributed by atoms with Crippen LogP contribution < -0.4 is 40.6 Å². The summed E-state index contributed by atoms with van der Waals surface area (Å²) >= 11 is 0. The summed E-state index contributed by atoms with van der Waals surface area (Å²) in [5.74, 6) is -0.0319. The van der Waals surface area contributed by atoms with E-state index in [2.05, 4.69) is 31.9 Å². The van der Waals surface area contributed by atoms with Crippen molar-refractivity contribution in [1.82, 2.24) is 0 Å². The van der Waals surface area contributed by atoms with Crippen LogP contribution in [0.1, 0.15) is 11.1 Å². The van der Waals surface area contributed by atoms with Gasteiger partial charge in [0, 0.05) is 38.2 Å². The quantitative estimate of drug-likeness (QED) is 0.329. The average molecular weight is 815 g/mol. The highest BCUT2D eigenvalue weighted by Crippen LogP contribution is 2.28. The Morgan fingerprint density at radius 2 is 0.897 bits per heavy atom. The molecule has 0 saturated carbocycles. The molecule has 0 saturated heterocycles. The second kappa shape index (κ2) is 25.8. The van der Waals surface area contributed by atoms with Crippen LogP contribution in [-0.4, -0.2) is 106 Å². The van der Waals surface area contributed by atoms with Gasteiger partial charge in [-0.05, 0) is 35.4 Å². The summed E-state index contributed by atoms with van der Waals surface area (Å²) in [4.78, 5) is 23.8. The van der Waals surface area contributed by atoms with Crippen molar-refractivity contribution < 1.29 is 78.6 Å². The third-order valence-electron chi connectivity index (χ3n) is 7.58. The minimum absolute atomic E-state index is 0.0263. The van der Waals surface area contributed by atoms with E-state index in [0.717, 1.165) is 61.1 Å². The summed E-state index contributed by atoms with van der Waals surface area (Å²) in [7, 11) is 6.56. The first-order chi connectivity index (χ1) is 28.2. The molecular weight excluding hydrogens is 764 g/mol. The number of ether oxygens (including phenoxy) is 10. The second-order valence-electron chi connectivity index (χ2n) is 11.6. The van der Waals surface area contributed by atoms with E-state index < -0.39 is 23.8 Å². The molecule has 0 unspecified atom stereocenters. The number of hydrogen-bond acceptors (Lipinski definition) is 18. The molecule has 0 amide bonds. The van der Waals surface area contributed by atoms with Crippen molar-refractivity contribution in [3.05, 3.63) is 94.4 Å². The Bertz CT molecular complexity index is 1710. The number of benzene rings is 2. The van der Waals surface area contributed by atoms with E-state index in [-0.39, 0.29) is 75.6 Å². The van der Waals surface area contributed by atoms with Crippen LogP contribution >= 0.6 is 0 Å². The Labute approximate surface area is 335 Å². The number of azo groups is 2. The Balaban J connectivity index is 0.000000283. The minimum atomic E-state index is -0.787. The molecule has 5 rings (SSSR count). The van der Waals surface area contributed by atoms with Gasteiger partial charge in [0.15, 0.2) is 34.4 Å². The number of esters is 2. The smallest absolute Gasteiger partial charge is 0.359 e. The van der Waals surface area contributed by atoms with Crippen LogP contribution in [0.2, 0.25) is 0 Å². The molecule has 3 aliphatic heterocycles. The molecule has 2 aromatic carbocycles. The van der Waals surface area contributed by atoms with Gasteiger partial charge >= 0.3 is 11.9 Å². The summed E-state index contributed by atoms with van der Waals surface area (Å²) < 4.78 is 50.8. The maximum Gasteiger partial charge on any atom is 0.359 e. The van der Waals surface area contributed by atoms with Crippen LogP contribution in [0.4, 0.5) is 0 Å². The van der Waals surface area contributed by atoms with Gasteiger partial charge in [-0.3, -0.25) is 0 Å². The van der Waals surface area contributed by atoms with E-state index in [1.807, 2.05) is 36.4 Å². The SMILES string of the molecule is COc1ccc(CC[NH3+])cc1OC.COc1ccc(CC[NH3+])cc1OC.O=C1OCCOCCOC(=O)C2=C/C(=C(\[O-])OCCOCCOC([O-])=C3C=C1N=N3)N=N2. The third-order valence-corrected chi connectivity index (χ3v) is 7.58. The van der Waals surface area contributed by atoms with E-state index in [0.29, 0.717) is 0 Å². The van der Waals surface area contributed by atoms with Crippen LogP contribution in [-0.2, 0) is 50.9 Å². The van der Waals surface area contributed by atoms with Crippen molar-refractivity contribution in [2.24, 2.45) is 20.5 Å². The molecular formula is C38H50N6O14. The molecule has 0 atom stereocenters. The van der Waals surface area contributed by atoms with Crippen molar-refractivity contribution in [3.63, 3.8) is 0 Å². The monoisotopic (exact) mass is 814 g/mol. The number of methoxy groups -OCH3 is 4. The van der Waals surface area contributed by atoms with Gasteiger partial charge < -0.3 is 69.0 Å². The number of hydrogen-bond donors (Lipinski definition) is 2. The number of nitrogens with zero attached hydrogens (tertiary/aromatic N) is 4. The lowest BCUT2D eigenvalue weighted by atomic mass is 10.1.